The number of rotatable bonds is 3. The predicted octanol–water partition coefficient (Wildman–Crippen LogP) is -1.27. The van der Waals surface area contributed by atoms with Crippen molar-refractivity contribution in [2.75, 3.05) is 6.61 Å². The summed E-state index contributed by atoms with van der Waals surface area (Å²) < 4.78 is 30.4. The van der Waals surface area contributed by atoms with Crippen LogP contribution in [0.1, 0.15) is 2.85 Å². The van der Waals surface area contributed by atoms with Gasteiger partial charge in [-0.25, -0.2) is 8.98 Å². The van der Waals surface area contributed by atoms with Crippen molar-refractivity contribution in [3.63, 3.8) is 0 Å². The Morgan fingerprint density at radius 2 is 2.00 bits per heavy atom. The quantitative estimate of drug-likeness (QED) is 0.497. The van der Waals surface area contributed by atoms with Gasteiger partial charge < -0.3 is 7.96 Å². The van der Waals surface area contributed by atoms with Crippen LogP contribution < -0.4 is 0 Å². The van der Waals surface area contributed by atoms with Gasteiger partial charge in [-0.1, -0.05) is 0 Å². The van der Waals surface area contributed by atoms with Gasteiger partial charge in [-0.15, -0.1) is 0 Å². The fourth-order valence-corrected chi connectivity index (χ4v) is 0.375. The zero-order valence-electron chi connectivity index (χ0n) is 6.85. The average Bonchev–Trinajstić information content (AvgIpc) is 1.59. The normalized spacial score (nSPS) is 10.1. The zero-order valence-corrected chi connectivity index (χ0v) is 10.1. The van der Waals surface area contributed by atoms with Crippen LogP contribution in [0.15, 0.2) is 0 Å². The summed E-state index contributed by atoms with van der Waals surface area (Å²) in [5.41, 5.74) is 0. The Morgan fingerprint density at radius 3 is 2.10 bits per heavy atom. The Bertz CT molecular complexity index is 202. The molecule has 0 radical (unpaired) electrons. The maximum Gasteiger partial charge on any atom is 2.00 e. The van der Waals surface area contributed by atoms with Crippen LogP contribution in [0.3, 0.4) is 0 Å². The van der Waals surface area contributed by atoms with Crippen LogP contribution in [-0.4, -0.2) is 79.5 Å². The minimum atomic E-state index is -4.60. The molecule has 0 aromatic carbocycles. The third-order valence-electron chi connectivity index (χ3n) is 0.331. The van der Waals surface area contributed by atoms with E-state index in [1.807, 2.05) is 0 Å². The Labute approximate surface area is 101 Å². The molecule has 0 aliphatic carbocycles. The summed E-state index contributed by atoms with van der Waals surface area (Å²) in [4.78, 5) is 9.55. The van der Waals surface area contributed by atoms with Crippen molar-refractivity contribution >= 4 is 65.2 Å². The smallest absolute Gasteiger partial charge is 1.00 e. The molecule has 0 atom stereocenters. The van der Waals surface area contributed by atoms with E-state index < -0.39 is 23.0 Å². The standard InChI is InChI=1S/C2H4O6S.Ba.2H/c3-2(4)1-8-9(5,6)7;;;/h1H2,(H,3,4)(H,5,6,7);;;/q;+2;2*-1. The monoisotopic (exact) mass is 296 g/mol. The predicted molar refractivity (Wildman–Crippen MR) is 33.1 cm³/mol. The Balaban J connectivity index is -0.000000107. The van der Waals surface area contributed by atoms with E-state index in [4.69, 9.17) is 9.66 Å². The molecule has 0 heterocycles. The largest absolute Gasteiger partial charge is 2.00 e. The molecule has 6 nitrogen and oxygen atoms in total. The summed E-state index contributed by atoms with van der Waals surface area (Å²) in [7, 11) is -4.60. The Hall–Kier alpha value is 0.911. The van der Waals surface area contributed by atoms with Crippen LogP contribution in [0.25, 0.3) is 0 Å². The minimum Gasteiger partial charge on any atom is -1.00 e. The van der Waals surface area contributed by atoms with Crippen molar-refractivity contribution in [1.82, 2.24) is 0 Å². The summed E-state index contributed by atoms with van der Waals surface area (Å²) in [6.07, 6.45) is 0. The molecule has 0 rings (SSSR count). The molecular formula is C2H6BaO6S. The van der Waals surface area contributed by atoms with Crippen LogP contribution in [-0.2, 0) is 19.4 Å². The molecule has 2 N–H and O–H groups in total. The molecule has 0 spiro atoms. The molecule has 58 valence electrons. The number of carboxylic acids is 1. The molecule has 0 saturated carbocycles. The first-order valence-electron chi connectivity index (χ1n) is 1.75. The van der Waals surface area contributed by atoms with Gasteiger partial charge in [0, 0.05) is 0 Å². The summed E-state index contributed by atoms with van der Waals surface area (Å²) in [5, 5.41) is 7.78. The third-order valence-corrected chi connectivity index (χ3v) is 0.747. The van der Waals surface area contributed by atoms with Gasteiger partial charge in [-0.3, -0.25) is 4.55 Å². The topological polar surface area (TPSA) is 101 Å². The molecule has 0 saturated heterocycles. The molecule has 0 fully saturated rings. The van der Waals surface area contributed by atoms with Crippen LogP contribution >= 0.6 is 0 Å². The fraction of sp³-hybridized carbons (Fsp3) is 0.500. The van der Waals surface area contributed by atoms with Crippen LogP contribution in [0.2, 0.25) is 0 Å². The second-order valence-corrected chi connectivity index (χ2v) is 2.17. The molecule has 8 heteroatoms. The molecule has 0 aromatic heterocycles. The van der Waals surface area contributed by atoms with Crippen LogP contribution in [0.5, 0.6) is 0 Å². The van der Waals surface area contributed by atoms with Gasteiger partial charge >= 0.3 is 65.2 Å². The van der Waals surface area contributed by atoms with Gasteiger partial charge in [-0.05, 0) is 0 Å². The molecule has 0 unspecified atom stereocenters. The maximum absolute atomic E-state index is 9.61. The van der Waals surface area contributed by atoms with E-state index in [-0.39, 0.29) is 51.7 Å². The van der Waals surface area contributed by atoms with E-state index in [0.29, 0.717) is 0 Å². The SMILES string of the molecule is O=C(O)COS(=O)(=O)O.[Ba+2].[H-].[H-]. The first-order valence-corrected chi connectivity index (χ1v) is 3.12. The van der Waals surface area contributed by atoms with Crippen molar-refractivity contribution in [3.05, 3.63) is 0 Å². The zero-order chi connectivity index (χ0) is 7.49. The van der Waals surface area contributed by atoms with E-state index in [2.05, 4.69) is 4.18 Å². The Morgan fingerprint density at radius 1 is 1.60 bits per heavy atom. The first kappa shape index (κ1) is 13.5. The molecule has 0 aromatic rings. The maximum atomic E-state index is 9.61. The van der Waals surface area contributed by atoms with Gasteiger partial charge in [0.25, 0.3) is 0 Å². The minimum absolute atomic E-state index is 0. The summed E-state index contributed by atoms with van der Waals surface area (Å²) in [6, 6.07) is 0. The van der Waals surface area contributed by atoms with E-state index in [0.717, 1.165) is 0 Å². The van der Waals surface area contributed by atoms with Crippen LogP contribution in [0, 0.1) is 0 Å². The second kappa shape index (κ2) is 5.55. The molecule has 0 aliphatic heterocycles. The van der Waals surface area contributed by atoms with E-state index in [1.165, 1.54) is 0 Å². The fourth-order valence-electron chi connectivity index (χ4n) is 0.125. The van der Waals surface area contributed by atoms with Crippen molar-refractivity contribution in [1.29, 1.82) is 0 Å². The molecular weight excluding hydrogens is 289 g/mol. The number of carbonyl (C=O) groups is 1. The van der Waals surface area contributed by atoms with E-state index in [1.54, 1.807) is 0 Å². The van der Waals surface area contributed by atoms with Gasteiger partial charge in [0.1, 0.15) is 0 Å². The van der Waals surface area contributed by atoms with Gasteiger partial charge in [0.15, 0.2) is 6.61 Å². The van der Waals surface area contributed by atoms with Crippen molar-refractivity contribution in [2.24, 2.45) is 0 Å². The molecule has 0 aliphatic rings. The molecule has 0 bridgehead atoms. The van der Waals surface area contributed by atoms with Crippen molar-refractivity contribution in [3.8, 4) is 0 Å². The van der Waals surface area contributed by atoms with Gasteiger partial charge in [-0.2, -0.15) is 8.42 Å². The van der Waals surface area contributed by atoms with Crippen molar-refractivity contribution in [2.45, 2.75) is 0 Å². The summed E-state index contributed by atoms with van der Waals surface area (Å²) in [6.45, 7) is -1.06. The molecule has 10 heavy (non-hydrogen) atoms. The summed E-state index contributed by atoms with van der Waals surface area (Å²) >= 11 is 0. The van der Waals surface area contributed by atoms with Gasteiger partial charge in [0.05, 0.1) is 0 Å². The number of carboxylic acid groups (broad SMARTS) is 1. The number of aliphatic carboxylic acids is 1. The van der Waals surface area contributed by atoms with E-state index >= 15 is 0 Å². The number of hydrogen-bond acceptors (Lipinski definition) is 4. The number of hydrogen-bond donors (Lipinski definition) is 2. The van der Waals surface area contributed by atoms with E-state index in [9.17, 15) is 13.2 Å². The van der Waals surface area contributed by atoms with Crippen molar-refractivity contribution < 1.29 is 29.9 Å². The van der Waals surface area contributed by atoms with Gasteiger partial charge in [0.2, 0.25) is 0 Å². The van der Waals surface area contributed by atoms with Crippen LogP contribution in [0.4, 0.5) is 0 Å². The Kier molecular flexibility index (Phi) is 7.49. The second-order valence-electron chi connectivity index (χ2n) is 1.08. The third kappa shape index (κ3) is 11.7. The average molecular weight is 295 g/mol. The first-order chi connectivity index (χ1) is 3.92. The molecule has 0 amide bonds. The summed E-state index contributed by atoms with van der Waals surface area (Å²) in [5.74, 6) is -1.47.